The number of aromatic nitrogens is 1. The van der Waals surface area contributed by atoms with Crippen molar-refractivity contribution in [1.29, 1.82) is 0 Å². The Morgan fingerprint density at radius 1 is 1.67 bits per heavy atom. The van der Waals surface area contributed by atoms with Gasteiger partial charge in [-0.15, -0.1) is 0 Å². The molecule has 1 rings (SSSR count). The summed E-state index contributed by atoms with van der Waals surface area (Å²) in [6.45, 7) is 2.25. The number of nitrogens with one attached hydrogen (secondary N) is 1. The van der Waals surface area contributed by atoms with Gasteiger partial charge in [-0.2, -0.15) is 0 Å². The molecule has 0 radical (unpaired) electrons. The van der Waals surface area contributed by atoms with Crippen LogP contribution in [-0.2, 0) is 4.79 Å². The highest BCUT2D eigenvalue weighted by atomic mass is 16.1. The quantitative estimate of drug-likeness (QED) is 0.732. The van der Waals surface area contributed by atoms with Crippen molar-refractivity contribution in [2.75, 3.05) is 11.9 Å². The van der Waals surface area contributed by atoms with Gasteiger partial charge in [0.15, 0.2) is 5.78 Å². The van der Waals surface area contributed by atoms with Crippen molar-refractivity contribution in [2.24, 2.45) is 0 Å². The highest BCUT2D eigenvalue weighted by Crippen LogP contribution is 2.01. The Hall–Kier alpha value is -1.38. The maximum absolute atomic E-state index is 10.9. The van der Waals surface area contributed by atoms with Crippen molar-refractivity contribution in [3.05, 3.63) is 24.5 Å². The first kappa shape index (κ1) is 8.71. The van der Waals surface area contributed by atoms with Gasteiger partial charge in [0.25, 0.3) is 0 Å². The number of hydrogen-bond donors (Lipinski definition) is 1. The number of hydrogen-bond acceptors (Lipinski definition) is 3. The number of pyridine rings is 1. The summed E-state index contributed by atoms with van der Waals surface area (Å²) in [5.41, 5.74) is 0.888. The predicted octanol–water partition coefficient (Wildman–Crippen LogP) is 1.47. The predicted molar refractivity (Wildman–Crippen MR) is 48.0 cm³/mol. The molecule has 0 saturated carbocycles. The normalized spacial score (nSPS) is 9.42. The molecule has 0 fully saturated rings. The summed E-state index contributed by atoms with van der Waals surface area (Å²) < 4.78 is 0. The summed E-state index contributed by atoms with van der Waals surface area (Å²) in [5, 5.41) is 2.98. The van der Waals surface area contributed by atoms with Crippen LogP contribution >= 0.6 is 0 Å². The smallest absolute Gasteiger partial charge is 0.151 e. The Morgan fingerprint density at radius 3 is 3.08 bits per heavy atom. The fraction of sp³-hybridized carbons (Fsp3) is 0.333. The second-order valence-electron chi connectivity index (χ2n) is 2.49. The lowest BCUT2D eigenvalue weighted by Gasteiger charge is -2.02. The zero-order chi connectivity index (χ0) is 8.81. The first-order valence-electron chi connectivity index (χ1n) is 3.98. The second kappa shape index (κ2) is 4.49. The van der Waals surface area contributed by atoms with Crippen molar-refractivity contribution in [2.45, 2.75) is 13.3 Å². The van der Waals surface area contributed by atoms with E-state index in [9.17, 15) is 4.79 Å². The van der Waals surface area contributed by atoms with Gasteiger partial charge in [0, 0.05) is 18.8 Å². The van der Waals surface area contributed by atoms with Crippen molar-refractivity contribution < 1.29 is 4.79 Å². The molecule has 0 unspecified atom stereocenters. The lowest BCUT2D eigenvalue weighted by Crippen LogP contribution is -2.12. The Labute approximate surface area is 71.8 Å². The average Bonchev–Trinajstić information content (AvgIpc) is 2.16. The molecule has 64 valence electrons. The van der Waals surface area contributed by atoms with Crippen LogP contribution in [-0.4, -0.2) is 17.3 Å². The van der Waals surface area contributed by atoms with Crippen molar-refractivity contribution in [1.82, 2.24) is 4.98 Å². The van der Waals surface area contributed by atoms with E-state index in [2.05, 4.69) is 10.3 Å². The molecule has 0 amide bonds. The maximum atomic E-state index is 10.9. The Bertz CT molecular complexity index is 246. The average molecular weight is 164 g/mol. The maximum Gasteiger partial charge on any atom is 0.151 e. The van der Waals surface area contributed by atoms with Crippen LogP contribution < -0.4 is 5.32 Å². The number of Topliss-reactive ketones (excluding diaryl/α,β-unsaturated/α-hetero) is 1. The molecule has 0 aliphatic heterocycles. The Morgan fingerprint density at radius 2 is 2.50 bits per heavy atom. The van der Waals surface area contributed by atoms with Gasteiger partial charge in [-0.05, 0) is 12.1 Å². The van der Waals surface area contributed by atoms with Gasteiger partial charge in [0.2, 0.25) is 0 Å². The molecule has 0 aliphatic rings. The van der Waals surface area contributed by atoms with Crippen molar-refractivity contribution in [3.63, 3.8) is 0 Å². The van der Waals surface area contributed by atoms with Crippen LogP contribution in [0, 0.1) is 0 Å². The van der Waals surface area contributed by atoms with Crippen LogP contribution in [0.2, 0.25) is 0 Å². The fourth-order valence-electron chi connectivity index (χ4n) is 0.793. The molecule has 3 heteroatoms. The van der Waals surface area contributed by atoms with Gasteiger partial charge in [-0.25, -0.2) is 0 Å². The summed E-state index contributed by atoms with van der Waals surface area (Å²) in [6, 6.07) is 3.72. The molecule has 1 heterocycles. The van der Waals surface area contributed by atoms with E-state index in [4.69, 9.17) is 0 Å². The molecule has 1 aromatic rings. The van der Waals surface area contributed by atoms with Crippen LogP contribution in [0.25, 0.3) is 0 Å². The molecule has 1 aromatic heterocycles. The van der Waals surface area contributed by atoms with E-state index >= 15 is 0 Å². The highest BCUT2D eigenvalue weighted by Gasteiger charge is 1.96. The summed E-state index contributed by atoms with van der Waals surface area (Å²) in [4.78, 5) is 14.8. The second-order valence-corrected chi connectivity index (χ2v) is 2.49. The number of anilines is 1. The molecule has 1 N–H and O–H groups in total. The molecular formula is C9H12N2O. The molecule has 0 bridgehead atoms. The van der Waals surface area contributed by atoms with Gasteiger partial charge < -0.3 is 5.32 Å². The largest absolute Gasteiger partial charge is 0.377 e. The van der Waals surface area contributed by atoms with Crippen LogP contribution in [0.15, 0.2) is 24.5 Å². The molecule has 0 atom stereocenters. The van der Waals surface area contributed by atoms with E-state index in [1.807, 2.05) is 19.1 Å². The zero-order valence-electron chi connectivity index (χ0n) is 7.08. The first-order valence-corrected chi connectivity index (χ1v) is 3.98. The Balaban J connectivity index is 2.38. The SMILES string of the molecule is CCC(=O)CNc1cccnc1. The summed E-state index contributed by atoms with van der Waals surface area (Å²) in [6.07, 6.45) is 3.98. The minimum atomic E-state index is 0.207. The van der Waals surface area contributed by atoms with Crippen LogP contribution in [0.3, 0.4) is 0 Å². The number of carbonyl (C=O) groups is 1. The fourth-order valence-corrected chi connectivity index (χ4v) is 0.793. The minimum absolute atomic E-state index is 0.207. The van der Waals surface area contributed by atoms with E-state index in [0.29, 0.717) is 13.0 Å². The van der Waals surface area contributed by atoms with Gasteiger partial charge in [-0.1, -0.05) is 6.92 Å². The van der Waals surface area contributed by atoms with Crippen LogP contribution in [0.5, 0.6) is 0 Å². The first-order chi connectivity index (χ1) is 5.83. The van der Waals surface area contributed by atoms with Crippen molar-refractivity contribution >= 4 is 11.5 Å². The molecule has 0 saturated heterocycles. The number of rotatable bonds is 4. The number of carbonyl (C=O) groups excluding carboxylic acids is 1. The summed E-state index contributed by atoms with van der Waals surface area (Å²) in [5.74, 6) is 0.207. The van der Waals surface area contributed by atoms with Crippen molar-refractivity contribution in [3.8, 4) is 0 Å². The zero-order valence-corrected chi connectivity index (χ0v) is 7.08. The summed E-state index contributed by atoms with van der Waals surface area (Å²) in [7, 11) is 0. The minimum Gasteiger partial charge on any atom is -0.377 e. The monoisotopic (exact) mass is 164 g/mol. The third kappa shape index (κ3) is 2.70. The molecule has 0 aliphatic carbocycles. The van der Waals surface area contributed by atoms with Crippen LogP contribution in [0.1, 0.15) is 13.3 Å². The third-order valence-electron chi connectivity index (χ3n) is 1.55. The lowest BCUT2D eigenvalue weighted by atomic mass is 10.3. The molecule has 0 spiro atoms. The standard InChI is InChI=1S/C9H12N2O/c1-2-9(12)7-11-8-4-3-5-10-6-8/h3-6,11H,2,7H2,1H3. The Kier molecular flexibility index (Phi) is 3.26. The summed E-state index contributed by atoms with van der Waals surface area (Å²) >= 11 is 0. The van der Waals surface area contributed by atoms with E-state index < -0.39 is 0 Å². The van der Waals surface area contributed by atoms with E-state index in [1.54, 1.807) is 12.4 Å². The molecule has 0 aromatic carbocycles. The molecular weight excluding hydrogens is 152 g/mol. The topological polar surface area (TPSA) is 42.0 Å². The lowest BCUT2D eigenvalue weighted by molar-refractivity contribution is -0.117. The van der Waals surface area contributed by atoms with Gasteiger partial charge in [-0.3, -0.25) is 9.78 Å². The molecule has 3 nitrogen and oxygen atoms in total. The van der Waals surface area contributed by atoms with Gasteiger partial charge >= 0.3 is 0 Å². The van der Waals surface area contributed by atoms with Gasteiger partial charge in [0.05, 0.1) is 12.2 Å². The van der Waals surface area contributed by atoms with Gasteiger partial charge in [0.1, 0.15) is 0 Å². The van der Waals surface area contributed by atoms with Crippen LogP contribution in [0.4, 0.5) is 5.69 Å². The highest BCUT2D eigenvalue weighted by molar-refractivity contribution is 5.82. The number of nitrogens with zero attached hydrogens (tertiary/aromatic N) is 1. The molecule has 12 heavy (non-hydrogen) atoms. The third-order valence-corrected chi connectivity index (χ3v) is 1.55. The van der Waals surface area contributed by atoms with E-state index in [0.717, 1.165) is 5.69 Å². The number of ketones is 1. The van der Waals surface area contributed by atoms with E-state index in [-0.39, 0.29) is 5.78 Å². The van der Waals surface area contributed by atoms with E-state index in [1.165, 1.54) is 0 Å².